The zero-order valence-corrected chi connectivity index (χ0v) is 16.2. The standard InChI is InChI=1S/C23H24N2O3/c1-24(20-13-7-9-16-8-3-4-10-17(16)20)22(26)15-25-14-19(23(27)28-2)18-11-5-6-12-21(18)25/h3-6,8,10-12,14,20H,7,9,13,15H2,1-2H3/t20-/m0/s1. The quantitative estimate of drug-likeness (QED) is 0.648. The van der Waals surface area contributed by atoms with E-state index in [9.17, 15) is 9.59 Å². The van der Waals surface area contributed by atoms with E-state index in [0.717, 1.165) is 30.2 Å². The number of methoxy groups -OCH3 is 1. The molecule has 144 valence electrons. The highest BCUT2D eigenvalue weighted by atomic mass is 16.5. The van der Waals surface area contributed by atoms with E-state index < -0.39 is 5.97 Å². The monoisotopic (exact) mass is 376 g/mol. The number of hydrogen-bond donors (Lipinski definition) is 0. The maximum atomic E-state index is 13.1. The lowest BCUT2D eigenvalue weighted by Gasteiger charge is -2.33. The third-order valence-electron chi connectivity index (χ3n) is 5.70. The van der Waals surface area contributed by atoms with Crippen molar-refractivity contribution >= 4 is 22.8 Å². The first kappa shape index (κ1) is 18.3. The average Bonchev–Trinajstić information content (AvgIpc) is 3.10. The number of rotatable bonds is 4. The van der Waals surface area contributed by atoms with Crippen molar-refractivity contribution < 1.29 is 14.3 Å². The van der Waals surface area contributed by atoms with Gasteiger partial charge >= 0.3 is 5.97 Å². The molecule has 1 amide bonds. The van der Waals surface area contributed by atoms with Crippen LogP contribution >= 0.6 is 0 Å². The SMILES string of the molecule is COC(=O)c1cn(CC(=O)N(C)[C@H]2CCCc3ccccc32)c2ccccc12. The van der Waals surface area contributed by atoms with Crippen LogP contribution in [0.1, 0.15) is 40.4 Å². The Labute approximate surface area is 164 Å². The zero-order chi connectivity index (χ0) is 19.7. The number of benzene rings is 2. The molecule has 0 saturated carbocycles. The molecule has 1 atom stereocenters. The van der Waals surface area contributed by atoms with Crippen molar-refractivity contribution in [1.82, 2.24) is 9.47 Å². The number of carbonyl (C=O) groups excluding carboxylic acids is 2. The van der Waals surface area contributed by atoms with Crippen molar-refractivity contribution in [3.8, 4) is 0 Å². The lowest BCUT2D eigenvalue weighted by Crippen LogP contribution is -2.35. The minimum Gasteiger partial charge on any atom is -0.465 e. The summed E-state index contributed by atoms with van der Waals surface area (Å²) in [4.78, 5) is 27.1. The van der Waals surface area contributed by atoms with E-state index in [1.54, 1.807) is 6.20 Å². The van der Waals surface area contributed by atoms with Gasteiger partial charge in [-0.2, -0.15) is 0 Å². The summed E-state index contributed by atoms with van der Waals surface area (Å²) >= 11 is 0. The van der Waals surface area contributed by atoms with Crippen molar-refractivity contribution in [2.24, 2.45) is 0 Å². The molecule has 0 spiro atoms. The highest BCUT2D eigenvalue weighted by Gasteiger charge is 2.27. The van der Waals surface area contributed by atoms with Gasteiger partial charge in [0.05, 0.1) is 18.7 Å². The van der Waals surface area contributed by atoms with Crippen LogP contribution in [0.5, 0.6) is 0 Å². The summed E-state index contributed by atoms with van der Waals surface area (Å²) in [5.74, 6) is -0.365. The summed E-state index contributed by atoms with van der Waals surface area (Å²) in [6.07, 6.45) is 4.84. The van der Waals surface area contributed by atoms with Gasteiger partial charge < -0.3 is 14.2 Å². The second-order valence-corrected chi connectivity index (χ2v) is 7.29. The second kappa shape index (κ2) is 7.50. The maximum Gasteiger partial charge on any atom is 0.340 e. The predicted octanol–water partition coefficient (Wildman–Crippen LogP) is 3.96. The van der Waals surface area contributed by atoms with Gasteiger partial charge in [0.15, 0.2) is 0 Å². The number of aryl methyl sites for hydroxylation is 1. The van der Waals surface area contributed by atoms with Crippen molar-refractivity contribution in [1.29, 1.82) is 0 Å². The van der Waals surface area contributed by atoms with Gasteiger partial charge in [-0.1, -0.05) is 42.5 Å². The molecular weight excluding hydrogens is 352 g/mol. The van der Waals surface area contributed by atoms with Crippen molar-refractivity contribution in [3.63, 3.8) is 0 Å². The Hall–Kier alpha value is -3.08. The van der Waals surface area contributed by atoms with Gasteiger partial charge in [0.25, 0.3) is 0 Å². The summed E-state index contributed by atoms with van der Waals surface area (Å²) < 4.78 is 6.74. The van der Waals surface area contributed by atoms with Gasteiger partial charge in [0.2, 0.25) is 5.91 Å². The molecule has 0 N–H and O–H groups in total. The van der Waals surface area contributed by atoms with E-state index in [1.807, 2.05) is 46.8 Å². The number of hydrogen-bond acceptors (Lipinski definition) is 3. The van der Waals surface area contributed by atoms with Crippen LogP contribution in [-0.4, -0.2) is 35.5 Å². The van der Waals surface area contributed by atoms with Crippen LogP contribution in [0.25, 0.3) is 10.9 Å². The summed E-state index contributed by atoms with van der Waals surface area (Å²) in [5.41, 5.74) is 3.92. The topological polar surface area (TPSA) is 51.5 Å². The van der Waals surface area contributed by atoms with E-state index in [1.165, 1.54) is 18.2 Å². The lowest BCUT2D eigenvalue weighted by atomic mass is 9.87. The first-order chi connectivity index (χ1) is 13.6. The van der Waals surface area contributed by atoms with Crippen molar-refractivity contribution in [2.75, 3.05) is 14.2 Å². The third kappa shape index (κ3) is 3.17. The van der Waals surface area contributed by atoms with Gasteiger partial charge in [-0.25, -0.2) is 4.79 Å². The average molecular weight is 376 g/mol. The number of amides is 1. The Morgan fingerprint density at radius 2 is 1.89 bits per heavy atom. The number of nitrogens with zero attached hydrogens (tertiary/aromatic N) is 2. The van der Waals surface area contributed by atoms with E-state index in [0.29, 0.717) is 5.56 Å². The minimum absolute atomic E-state index is 0.0267. The van der Waals surface area contributed by atoms with E-state index >= 15 is 0 Å². The highest BCUT2D eigenvalue weighted by Crippen LogP contribution is 2.33. The first-order valence-electron chi connectivity index (χ1n) is 9.60. The lowest BCUT2D eigenvalue weighted by molar-refractivity contribution is -0.133. The van der Waals surface area contributed by atoms with Crippen molar-refractivity contribution in [2.45, 2.75) is 31.8 Å². The summed E-state index contributed by atoms with van der Waals surface area (Å²) in [5, 5.41) is 0.799. The van der Waals surface area contributed by atoms with Crippen LogP contribution in [-0.2, 0) is 22.5 Å². The minimum atomic E-state index is -0.392. The molecule has 1 aliphatic rings. The molecule has 1 aromatic heterocycles. The Morgan fingerprint density at radius 1 is 1.14 bits per heavy atom. The van der Waals surface area contributed by atoms with Crippen LogP contribution < -0.4 is 0 Å². The molecular formula is C23H24N2O3. The molecule has 0 fully saturated rings. The largest absolute Gasteiger partial charge is 0.465 e. The number of carbonyl (C=O) groups is 2. The number of esters is 1. The van der Waals surface area contributed by atoms with Crippen LogP contribution in [0.3, 0.4) is 0 Å². The normalized spacial score (nSPS) is 15.9. The number of aromatic nitrogens is 1. The fourth-order valence-electron chi connectivity index (χ4n) is 4.21. The predicted molar refractivity (Wildman–Crippen MR) is 108 cm³/mol. The highest BCUT2D eigenvalue weighted by molar-refractivity contribution is 6.04. The molecule has 0 bridgehead atoms. The van der Waals surface area contributed by atoms with Crippen LogP contribution in [0.15, 0.2) is 54.7 Å². The first-order valence-corrected chi connectivity index (χ1v) is 9.60. The maximum absolute atomic E-state index is 13.1. The molecule has 4 rings (SSSR count). The molecule has 28 heavy (non-hydrogen) atoms. The Bertz CT molecular complexity index is 1040. The zero-order valence-electron chi connectivity index (χ0n) is 16.2. The molecule has 1 aliphatic carbocycles. The van der Waals surface area contributed by atoms with Gasteiger partial charge in [-0.15, -0.1) is 0 Å². The third-order valence-corrected chi connectivity index (χ3v) is 5.70. The Balaban J connectivity index is 1.62. The fraction of sp³-hybridized carbons (Fsp3) is 0.304. The molecule has 1 heterocycles. The summed E-state index contributed by atoms with van der Waals surface area (Å²) in [7, 11) is 3.25. The number of ether oxygens (including phenoxy) is 1. The van der Waals surface area contributed by atoms with Gasteiger partial charge in [-0.3, -0.25) is 4.79 Å². The van der Waals surface area contributed by atoms with Gasteiger partial charge in [0, 0.05) is 24.1 Å². The Morgan fingerprint density at radius 3 is 2.71 bits per heavy atom. The molecule has 0 aliphatic heterocycles. The van der Waals surface area contributed by atoms with E-state index in [2.05, 4.69) is 18.2 Å². The van der Waals surface area contributed by atoms with E-state index in [-0.39, 0.29) is 18.5 Å². The molecule has 5 heteroatoms. The Kier molecular flexibility index (Phi) is 4.90. The van der Waals surface area contributed by atoms with Crippen LogP contribution in [0, 0.1) is 0 Å². The number of fused-ring (bicyclic) bond motifs is 2. The summed E-state index contributed by atoms with van der Waals surface area (Å²) in [6.45, 7) is 0.187. The molecule has 3 aromatic rings. The molecule has 2 aromatic carbocycles. The van der Waals surface area contributed by atoms with Crippen molar-refractivity contribution in [3.05, 3.63) is 71.4 Å². The molecule has 0 radical (unpaired) electrons. The molecule has 0 unspecified atom stereocenters. The number of para-hydroxylation sites is 1. The second-order valence-electron chi connectivity index (χ2n) is 7.29. The fourth-order valence-corrected chi connectivity index (χ4v) is 4.21. The number of likely N-dealkylation sites (N-methyl/N-ethyl adjacent to an activating group) is 1. The smallest absolute Gasteiger partial charge is 0.340 e. The van der Waals surface area contributed by atoms with Crippen LogP contribution in [0.2, 0.25) is 0 Å². The molecule has 5 nitrogen and oxygen atoms in total. The molecule has 0 saturated heterocycles. The summed E-state index contributed by atoms with van der Waals surface area (Å²) in [6, 6.07) is 16.1. The van der Waals surface area contributed by atoms with Gasteiger partial charge in [0.1, 0.15) is 6.54 Å². The van der Waals surface area contributed by atoms with Gasteiger partial charge in [-0.05, 0) is 36.5 Å². The van der Waals surface area contributed by atoms with Crippen LogP contribution in [0.4, 0.5) is 0 Å². The van der Waals surface area contributed by atoms with E-state index in [4.69, 9.17) is 4.74 Å².